The Kier molecular flexibility index (Phi) is 4.18. The van der Waals surface area contributed by atoms with Gasteiger partial charge in [-0.3, -0.25) is 4.40 Å². The van der Waals surface area contributed by atoms with Crippen molar-refractivity contribution in [1.82, 2.24) is 14.4 Å². The van der Waals surface area contributed by atoms with E-state index in [4.69, 9.17) is 26.3 Å². The summed E-state index contributed by atoms with van der Waals surface area (Å²) in [5.41, 5.74) is 5.76. The third-order valence-electron chi connectivity index (χ3n) is 5.04. The number of hydrogen-bond acceptors (Lipinski definition) is 4. The van der Waals surface area contributed by atoms with Gasteiger partial charge in [0, 0.05) is 18.0 Å². The molecular formula is C23H16ClN3O2. The minimum absolute atomic E-state index is 0.376. The highest BCUT2D eigenvalue weighted by Gasteiger charge is 2.17. The lowest BCUT2D eigenvalue weighted by Gasteiger charge is -2.10. The normalized spacial score (nSPS) is 11.4. The highest BCUT2D eigenvalue weighted by Crippen LogP contribution is 2.30. The van der Waals surface area contributed by atoms with E-state index in [-0.39, 0.29) is 5.97 Å². The van der Waals surface area contributed by atoms with Crippen LogP contribution in [0.5, 0.6) is 0 Å². The third kappa shape index (κ3) is 3.00. The summed E-state index contributed by atoms with van der Waals surface area (Å²) < 4.78 is 6.80. The smallest absolute Gasteiger partial charge is 0.337 e. The third-order valence-corrected chi connectivity index (χ3v) is 5.26. The van der Waals surface area contributed by atoms with E-state index in [1.807, 2.05) is 53.1 Å². The second-order valence-electron chi connectivity index (χ2n) is 6.84. The van der Waals surface area contributed by atoms with E-state index < -0.39 is 0 Å². The number of methoxy groups -OCH3 is 1. The van der Waals surface area contributed by atoms with E-state index in [0.717, 1.165) is 38.8 Å². The number of halogens is 1. The van der Waals surface area contributed by atoms with Gasteiger partial charge in [0.15, 0.2) is 5.65 Å². The zero-order chi connectivity index (χ0) is 20.0. The number of carbonyl (C=O) groups excluding carboxylic acids is 1. The molecule has 5 rings (SSSR count). The second kappa shape index (κ2) is 6.87. The number of imidazole rings is 1. The van der Waals surface area contributed by atoms with E-state index in [1.54, 1.807) is 6.07 Å². The molecule has 0 unspecified atom stereocenters. The number of pyridine rings is 2. The molecule has 0 saturated carbocycles. The van der Waals surface area contributed by atoms with Gasteiger partial charge in [-0.15, -0.1) is 0 Å². The van der Waals surface area contributed by atoms with Crippen LogP contribution in [-0.2, 0) is 11.2 Å². The van der Waals surface area contributed by atoms with Crippen LogP contribution in [-0.4, -0.2) is 27.4 Å². The molecule has 142 valence electrons. The van der Waals surface area contributed by atoms with E-state index >= 15 is 0 Å². The van der Waals surface area contributed by atoms with E-state index in [1.165, 1.54) is 7.11 Å². The van der Waals surface area contributed by atoms with E-state index in [9.17, 15) is 4.79 Å². The maximum absolute atomic E-state index is 12.1. The van der Waals surface area contributed by atoms with Gasteiger partial charge in [0.05, 0.1) is 23.2 Å². The molecule has 5 aromatic rings. The van der Waals surface area contributed by atoms with E-state index in [0.29, 0.717) is 17.0 Å². The Bertz CT molecular complexity index is 1390. The fourth-order valence-corrected chi connectivity index (χ4v) is 3.82. The highest BCUT2D eigenvalue weighted by molar-refractivity contribution is 6.30. The van der Waals surface area contributed by atoms with Gasteiger partial charge in [-0.05, 0) is 41.5 Å². The molecule has 0 radical (unpaired) electrons. The lowest BCUT2D eigenvalue weighted by molar-refractivity contribution is 0.0601. The minimum atomic E-state index is -0.376. The summed E-state index contributed by atoms with van der Waals surface area (Å²) in [6, 6.07) is 19.3. The van der Waals surface area contributed by atoms with Gasteiger partial charge in [-0.25, -0.2) is 14.8 Å². The Balaban J connectivity index is 1.86. The van der Waals surface area contributed by atoms with Gasteiger partial charge in [0.2, 0.25) is 0 Å². The molecule has 6 heteroatoms. The first-order valence-corrected chi connectivity index (χ1v) is 9.54. The van der Waals surface area contributed by atoms with Crippen molar-refractivity contribution >= 4 is 45.3 Å². The number of ether oxygens (including phenoxy) is 1. The van der Waals surface area contributed by atoms with Crippen molar-refractivity contribution in [3.05, 3.63) is 88.6 Å². The Morgan fingerprint density at radius 2 is 1.90 bits per heavy atom. The zero-order valence-corrected chi connectivity index (χ0v) is 16.3. The first-order valence-electron chi connectivity index (χ1n) is 9.16. The van der Waals surface area contributed by atoms with Crippen molar-refractivity contribution < 1.29 is 9.53 Å². The molecule has 3 aromatic heterocycles. The van der Waals surface area contributed by atoms with Crippen molar-refractivity contribution in [3.63, 3.8) is 0 Å². The Hall–Kier alpha value is -3.44. The Morgan fingerprint density at radius 3 is 2.69 bits per heavy atom. The number of esters is 1. The monoisotopic (exact) mass is 401 g/mol. The van der Waals surface area contributed by atoms with Crippen LogP contribution >= 0.6 is 11.6 Å². The predicted molar refractivity (Wildman–Crippen MR) is 114 cm³/mol. The number of nitrogens with zero attached hydrogens (tertiary/aromatic N) is 3. The lowest BCUT2D eigenvalue weighted by atomic mass is 9.98. The van der Waals surface area contributed by atoms with Crippen molar-refractivity contribution in [1.29, 1.82) is 0 Å². The fourth-order valence-electron chi connectivity index (χ4n) is 3.66. The van der Waals surface area contributed by atoms with Crippen molar-refractivity contribution in [2.24, 2.45) is 0 Å². The largest absolute Gasteiger partial charge is 0.465 e. The van der Waals surface area contributed by atoms with Gasteiger partial charge in [-0.1, -0.05) is 41.9 Å². The molecule has 0 bridgehead atoms. The van der Waals surface area contributed by atoms with Crippen LogP contribution in [0.3, 0.4) is 0 Å². The van der Waals surface area contributed by atoms with Crippen LogP contribution in [0, 0.1) is 0 Å². The van der Waals surface area contributed by atoms with E-state index in [2.05, 4.69) is 12.1 Å². The quantitative estimate of drug-likeness (QED) is 0.396. The number of hydrogen-bond donors (Lipinski definition) is 0. The number of benzene rings is 2. The standard InChI is InChI=1S/C23H16ClN3O2/c1-29-23(28)15-7-9-19-17(12-15)18(11-14-5-3-2-4-6-14)21-22(25-19)27-13-16(24)8-10-20(27)26-21/h2-10,12-13H,11H2,1H3. The topological polar surface area (TPSA) is 56.5 Å². The van der Waals surface area contributed by atoms with Crippen LogP contribution in [0.15, 0.2) is 66.9 Å². The second-order valence-corrected chi connectivity index (χ2v) is 7.27. The summed E-state index contributed by atoms with van der Waals surface area (Å²) in [6.45, 7) is 0. The molecule has 0 aliphatic rings. The van der Waals surface area contributed by atoms with Gasteiger partial charge in [0.25, 0.3) is 0 Å². The van der Waals surface area contributed by atoms with Gasteiger partial charge >= 0.3 is 5.97 Å². The highest BCUT2D eigenvalue weighted by atomic mass is 35.5. The minimum Gasteiger partial charge on any atom is -0.465 e. The summed E-state index contributed by atoms with van der Waals surface area (Å²) in [4.78, 5) is 21.7. The Morgan fingerprint density at radius 1 is 1.07 bits per heavy atom. The van der Waals surface area contributed by atoms with Gasteiger partial charge in [-0.2, -0.15) is 0 Å². The van der Waals surface area contributed by atoms with Crippen LogP contribution in [0.4, 0.5) is 0 Å². The van der Waals surface area contributed by atoms with Crippen molar-refractivity contribution in [3.8, 4) is 0 Å². The average Bonchev–Trinajstić information content (AvgIpc) is 3.11. The van der Waals surface area contributed by atoms with Crippen LogP contribution < -0.4 is 0 Å². The molecule has 0 N–H and O–H groups in total. The number of rotatable bonds is 3. The first-order chi connectivity index (χ1) is 14.1. The summed E-state index contributed by atoms with van der Waals surface area (Å²) in [5.74, 6) is -0.376. The van der Waals surface area contributed by atoms with Crippen LogP contribution in [0.1, 0.15) is 21.5 Å². The summed E-state index contributed by atoms with van der Waals surface area (Å²) >= 11 is 6.21. The summed E-state index contributed by atoms with van der Waals surface area (Å²) in [7, 11) is 1.38. The van der Waals surface area contributed by atoms with Crippen LogP contribution in [0.25, 0.3) is 27.7 Å². The number of carbonyl (C=O) groups is 1. The summed E-state index contributed by atoms with van der Waals surface area (Å²) in [5, 5.41) is 1.50. The first kappa shape index (κ1) is 17.6. The predicted octanol–water partition coefficient (Wildman–Crippen LogP) is 5.07. The SMILES string of the molecule is COC(=O)c1ccc2nc3c(nc4ccc(Cl)cn43)c(Cc3ccccc3)c2c1. The lowest BCUT2D eigenvalue weighted by Crippen LogP contribution is -2.02. The molecule has 3 heterocycles. The Labute approximate surface area is 171 Å². The maximum Gasteiger partial charge on any atom is 0.337 e. The molecule has 5 nitrogen and oxygen atoms in total. The molecule has 2 aromatic carbocycles. The van der Waals surface area contributed by atoms with Crippen molar-refractivity contribution in [2.45, 2.75) is 6.42 Å². The molecule has 0 spiro atoms. The molecule has 0 fully saturated rings. The fraction of sp³-hybridized carbons (Fsp3) is 0.0870. The number of aromatic nitrogens is 3. The molecule has 0 amide bonds. The van der Waals surface area contributed by atoms with Crippen molar-refractivity contribution in [2.75, 3.05) is 7.11 Å². The van der Waals surface area contributed by atoms with Crippen LogP contribution in [0.2, 0.25) is 5.02 Å². The zero-order valence-electron chi connectivity index (χ0n) is 15.6. The maximum atomic E-state index is 12.1. The molecule has 29 heavy (non-hydrogen) atoms. The van der Waals surface area contributed by atoms with Gasteiger partial charge in [0.1, 0.15) is 11.2 Å². The molecular weight excluding hydrogens is 386 g/mol. The molecule has 0 saturated heterocycles. The molecule has 0 aliphatic heterocycles. The van der Waals surface area contributed by atoms with Gasteiger partial charge < -0.3 is 4.74 Å². The average molecular weight is 402 g/mol. The molecule has 0 aliphatic carbocycles. The summed E-state index contributed by atoms with van der Waals surface area (Å²) in [6.07, 6.45) is 2.48. The molecule has 0 atom stereocenters. The number of fused-ring (bicyclic) bond motifs is 4.